The predicted molar refractivity (Wildman–Crippen MR) is 56.3 cm³/mol. The Bertz CT molecular complexity index is 482. The van der Waals surface area contributed by atoms with Gasteiger partial charge in [-0.3, -0.25) is 0 Å². The number of aryl methyl sites for hydroxylation is 1. The molecule has 0 fully saturated rings. The van der Waals surface area contributed by atoms with E-state index in [-0.39, 0.29) is 0 Å². The molecule has 0 unspecified atom stereocenters. The summed E-state index contributed by atoms with van der Waals surface area (Å²) in [6.45, 7) is 1.61. The van der Waals surface area contributed by atoms with Crippen molar-refractivity contribution in [3.05, 3.63) is 24.0 Å². The monoisotopic (exact) mass is 203 g/mol. The van der Waals surface area contributed by atoms with E-state index < -0.39 is 0 Å². The van der Waals surface area contributed by atoms with Crippen LogP contribution in [0, 0.1) is 0 Å². The number of nitrogens with two attached hydrogens (primary N) is 1. The van der Waals surface area contributed by atoms with E-state index in [1.54, 1.807) is 6.33 Å². The average molecular weight is 203 g/mol. The molecule has 1 aliphatic rings. The van der Waals surface area contributed by atoms with E-state index in [1.807, 2.05) is 6.20 Å². The zero-order valence-electron chi connectivity index (χ0n) is 8.40. The number of imidazole rings is 2. The number of rotatable bonds is 2. The molecule has 0 radical (unpaired) electrons. The molecule has 5 nitrogen and oxygen atoms in total. The first-order valence-corrected chi connectivity index (χ1v) is 5.17. The summed E-state index contributed by atoms with van der Waals surface area (Å²) in [6, 6.07) is 0. The number of aromatic amines is 1. The van der Waals surface area contributed by atoms with Gasteiger partial charge < -0.3 is 15.3 Å². The summed E-state index contributed by atoms with van der Waals surface area (Å²) >= 11 is 0. The molecule has 3 N–H and O–H groups in total. The molecular weight excluding hydrogens is 190 g/mol. The summed E-state index contributed by atoms with van der Waals surface area (Å²) in [5.74, 6) is 1.07. The maximum atomic E-state index is 5.55. The molecule has 0 saturated heterocycles. The van der Waals surface area contributed by atoms with Crippen LogP contribution in [0.5, 0.6) is 0 Å². The van der Waals surface area contributed by atoms with Gasteiger partial charge in [0.25, 0.3) is 0 Å². The highest BCUT2D eigenvalue weighted by Gasteiger charge is 2.20. The lowest BCUT2D eigenvalue weighted by Crippen LogP contribution is -2.15. The van der Waals surface area contributed by atoms with Gasteiger partial charge in [0.2, 0.25) is 0 Å². The fourth-order valence-corrected chi connectivity index (χ4v) is 2.14. The predicted octanol–water partition coefficient (Wildman–Crippen LogP) is 0.330. The zero-order chi connectivity index (χ0) is 10.3. The van der Waals surface area contributed by atoms with Gasteiger partial charge in [-0.1, -0.05) is 0 Å². The van der Waals surface area contributed by atoms with Crippen molar-refractivity contribution < 1.29 is 0 Å². The summed E-state index contributed by atoms with van der Waals surface area (Å²) in [5.41, 5.74) is 8.91. The van der Waals surface area contributed by atoms with E-state index in [0.29, 0.717) is 6.54 Å². The van der Waals surface area contributed by atoms with Crippen LogP contribution in [0.3, 0.4) is 0 Å². The van der Waals surface area contributed by atoms with Gasteiger partial charge in [-0.15, -0.1) is 0 Å². The Hall–Kier alpha value is -1.62. The van der Waals surface area contributed by atoms with E-state index in [9.17, 15) is 0 Å². The van der Waals surface area contributed by atoms with Crippen LogP contribution in [0.1, 0.15) is 11.5 Å². The van der Waals surface area contributed by atoms with Crippen molar-refractivity contribution in [2.75, 3.05) is 6.54 Å². The van der Waals surface area contributed by atoms with Gasteiger partial charge >= 0.3 is 0 Å². The van der Waals surface area contributed by atoms with Crippen LogP contribution in [0.15, 0.2) is 12.5 Å². The molecule has 0 aliphatic carbocycles. The van der Waals surface area contributed by atoms with Crippen LogP contribution >= 0.6 is 0 Å². The van der Waals surface area contributed by atoms with E-state index in [4.69, 9.17) is 5.73 Å². The Labute approximate surface area is 87.3 Å². The van der Waals surface area contributed by atoms with E-state index in [1.165, 1.54) is 5.69 Å². The van der Waals surface area contributed by atoms with E-state index >= 15 is 0 Å². The lowest BCUT2D eigenvalue weighted by Gasteiger charge is -2.15. The van der Waals surface area contributed by atoms with Crippen molar-refractivity contribution in [2.24, 2.45) is 5.73 Å². The minimum absolute atomic E-state index is 0.643. The van der Waals surface area contributed by atoms with Crippen LogP contribution in [0.25, 0.3) is 11.4 Å². The minimum atomic E-state index is 0.643. The van der Waals surface area contributed by atoms with Crippen LogP contribution in [-0.4, -0.2) is 26.1 Å². The van der Waals surface area contributed by atoms with Crippen LogP contribution in [-0.2, 0) is 19.4 Å². The molecular formula is C10H13N5. The third kappa shape index (κ3) is 1.20. The number of fused-ring (bicyclic) bond motifs is 3. The number of aromatic nitrogens is 4. The molecule has 0 bridgehead atoms. The first-order valence-electron chi connectivity index (χ1n) is 5.17. The number of nitrogens with one attached hydrogen (secondary N) is 1. The van der Waals surface area contributed by atoms with Crippen LogP contribution in [0.4, 0.5) is 0 Å². The highest BCUT2D eigenvalue weighted by atomic mass is 15.1. The number of H-pyrrole nitrogens is 1. The molecule has 2 aromatic rings. The molecule has 1 aliphatic heterocycles. The molecule has 78 valence electrons. The van der Waals surface area contributed by atoms with Crippen molar-refractivity contribution in [1.29, 1.82) is 0 Å². The maximum absolute atomic E-state index is 5.55. The fourth-order valence-electron chi connectivity index (χ4n) is 2.14. The molecule has 0 atom stereocenters. The molecule has 5 heteroatoms. The van der Waals surface area contributed by atoms with Crippen molar-refractivity contribution in [3.63, 3.8) is 0 Å². The van der Waals surface area contributed by atoms with E-state index in [0.717, 1.165) is 36.6 Å². The summed E-state index contributed by atoms with van der Waals surface area (Å²) in [5, 5.41) is 0. The molecule has 0 saturated carbocycles. The van der Waals surface area contributed by atoms with Crippen LogP contribution < -0.4 is 5.73 Å². The summed E-state index contributed by atoms with van der Waals surface area (Å²) in [6.07, 6.45) is 5.47. The molecule has 15 heavy (non-hydrogen) atoms. The SMILES string of the molecule is NCCc1ncc2n1CCc1[nH]cnc1-2. The Morgan fingerprint density at radius 3 is 3.27 bits per heavy atom. The van der Waals surface area contributed by atoms with Gasteiger partial charge in [0, 0.05) is 25.1 Å². The average Bonchev–Trinajstić information content (AvgIpc) is 2.83. The first-order chi connectivity index (χ1) is 7.40. The molecule has 0 amide bonds. The molecule has 3 heterocycles. The largest absolute Gasteiger partial charge is 0.348 e. The number of nitrogens with zero attached hydrogens (tertiary/aromatic N) is 3. The van der Waals surface area contributed by atoms with Crippen molar-refractivity contribution >= 4 is 0 Å². The lowest BCUT2D eigenvalue weighted by molar-refractivity contribution is 0.633. The molecule has 0 aromatic carbocycles. The maximum Gasteiger partial charge on any atom is 0.110 e. The Morgan fingerprint density at radius 2 is 2.40 bits per heavy atom. The molecule has 3 rings (SSSR count). The number of hydrogen-bond acceptors (Lipinski definition) is 3. The Kier molecular flexibility index (Phi) is 1.85. The second-order valence-electron chi connectivity index (χ2n) is 3.73. The van der Waals surface area contributed by atoms with Gasteiger partial charge in [-0.2, -0.15) is 0 Å². The van der Waals surface area contributed by atoms with Crippen molar-refractivity contribution in [1.82, 2.24) is 19.5 Å². The fraction of sp³-hybridized carbons (Fsp3) is 0.400. The van der Waals surface area contributed by atoms with Crippen molar-refractivity contribution in [2.45, 2.75) is 19.4 Å². The highest BCUT2D eigenvalue weighted by Crippen LogP contribution is 2.27. The highest BCUT2D eigenvalue weighted by molar-refractivity contribution is 5.59. The third-order valence-electron chi connectivity index (χ3n) is 2.85. The summed E-state index contributed by atoms with van der Waals surface area (Å²) < 4.78 is 2.22. The summed E-state index contributed by atoms with van der Waals surface area (Å²) in [7, 11) is 0. The third-order valence-corrected chi connectivity index (χ3v) is 2.85. The van der Waals surface area contributed by atoms with Gasteiger partial charge in [0.05, 0.1) is 18.2 Å². The molecule has 0 spiro atoms. The van der Waals surface area contributed by atoms with Crippen molar-refractivity contribution in [3.8, 4) is 11.4 Å². The Balaban J connectivity index is 2.11. The smallest absolute Gasteiger partial charge is 0.110 e. The second-order valence-corrected chi connectivity index (χ2v) is 3.73. The standard InChI is InChI=1S/C10H13N5/c11-3-1-9-12-5-8-10-7(13-6-14-10)2-4-15(8)9/h5-6H,1-4,11H2,(H,13,14). The molecule has 2 aromatic heterocycles. The van der Waals surface area contributed by atoms with Gasteiger partial charge in [-0.25, -0.2) is 9.97 Å². The zero-order valence-corrected chi connectivity index (χ0v) is 8.40. The minimum Gasteiger partial charge on any atom is -0.348 e. The number of hydrogen-bond donors (Lipinski definition) is 2. The Morgan fingerprint density at radius 1 is 1.47 bits per heavy atom. The van der Waals surface area contributed by atoms with Gasteiger partial charge in [0.15, 0.2) is 0 Å². The van der Waals surface area contributed by atoms with E-state index in [2.05, 4.69) is 19.5 Å². The second kappa shape index (κ2) is 3.20. The normalized spacial score (nSPS) is 13.7. The first kappa shape index (κ1) is 8.67. The van der Waals surface area contributed by atoms with Crippen LogP contribution in [0.2, 0.25) is 0 Å². The topological polar surface area (TPSA) is 72.5 Å². The van der Waals surface area contributed by atoms with Gasteiger partial charge in [0.1, 0.15) is 11.5 Å². The summed E-state index contributed by atoms with van der Waals surface area (Å²) in [4.78, 5) is 11.9. The lowest BCUT2D eigenvalue weighted by atomic mass is 10.1. The van der Waals surface area contributed by atoms with Gasteiger partial charge in [-0.05, 0) is 6.54 Å². The quantitative estimate of drug-likeness (QED) is 0.738.